The van der Waals surface area contributed by atoms with Gasteiger partial charge in [0, 0.05) is 34.4 Å². The molecular formula is C14H13ClN4. The molecule has 0 spiro atoms. The summed E-state index contributed by atoms with van der Waals surface area (Å²) < 4.78 is 0. The van der Waals surface area contributed by atoms with Gasteiger partial charge in [0.15, 0.2) is 0 Å². The van der Waals surface area contributed by atoms with Crippen molar-refractivity contribution in [1.29, 1.82) is 0 Å². The molecule has 0 aliphatic heterocycles. The Morgan fingerprint density at radius 2 is 2.26 bits per heavy atom. The summed E-state index contributed by atoms with van der Waals surface area (Å²) in [6.07, 6.45) is 3.60. The summed E-state index contributed by atoms with van der Waals surface area (Å²) in [5.74, 6) is 0. The Hall–Kier alpha value is -2.07. The lowest BCUT2D eigenvalue weighted by Gasteiger charge is -2.09. The summed E-state index contributed by atoms with van der Waals surface area (Å²) in [4.78, 5) is 4.40. The first kappa shape index (κ1) is 12.0. The Morgan fingerprint density at radius 1 is 1.37 bits per heavy atom. The molecule has 19 heavy (non-hydrogen) atoms. The second-order valence-electron chi connectivity index (χ2n) is 4.40. The van der Waals surface area contributed by atoms with Gasteiger partial charge in [-0.1, -0.05) is 17.7 Å². The minimum atomic E-state index is 0.689. The fraction of sp³-hybridized carbons (Fsp3) is 0.143. The predicted octanol–water partition coefficient (Wildman–Crippen LogP) is 3.53. The Bertz CT molecular complexity index is 720. The second kappa shape index (κ2) is 4.90. The van der Waals surface area contributed by atoms with Crippen LogP contribution in [0, 0.1) is 6.92 Å². The summed E-state index contributed by atoms with van der Waals surface area (Å²) in [7, 11) is 0. The molecule has 0 atom stereocenters. The van der Waals surface area contributed by atoms with Crippen molar-refractivity contribution in [1.82, 2.24) is 15.2 Å². The van der Waals surface area contributed by atoms with Crippen molar-refractivity contribution in [2.24, 2.45) is 0 Å². The number of anilines is 1. The van der Waals surface area contributed by atoms with Crippen LogP contribution in [0.1, 0.15) is 11.3 Å². The van der Waals surface area contributed by atoms with Gasteiger partial charge >= 0.3 is 0 Å². The fourth-order valence-electron chi connectivity index (χ4n) is 2.03. The average Bonchev–Trinajstić information content (AvgIpc) is 2.81. The van der Waals surface area contributed by atoms with E-state index in [1.165, 1.54) is 0 Å². The Balaban J connectivity index is 1.94. The number of nitrogens with zero attached hydrogens (tertiary/aromatic N) is 2. The molecule has 2 N–H and O–H groups in total. The van der Waals surface area contributed by atoms with E-state index in [9.17, 15) is 0 Å². The normalized spacial score (nSPS) is 10.8. The van der Waals surface area contributed by atoms with E-state index in [0.29, 0.717) is 11.6 Å². The van der Waals surface area contributed by atoms with Gasteiger partial charge < -0.3 is 5.32 Å². The van der Waals surface area contributed by atoms with Gasteiger partial charge in [-0.3, -0.25) is 10.1 Å². The number of pyridine rings is 1. The van der Waals surface area contributed by atoms with E-state index < -0.39 is 0 Å². The van der Waals surface area contributed by atoms with Gasteiger partial charge in [0.1, 0.15) is 0 Å². The molecule has 4 nitrogen and oxygen atoms in total. The van der Waals surface area contributed by atoms with Crippen molar-refractivity contribution in [2.45, 2.75) is 13.5 Å². The number of hydrogen-bond donors (Lipinski definition) is 2. The van der Waals surface area contributed by atoms with Crippen LogP contribution in [0.4, 0.5) is 5.69 Å². The second-order valence-corrected chi connectivity index (χ2v) is 4.84. The zero-order valence-electron chi connectivity index (χ0n) is 10.4. The molecule has 0 unspecified atom stereocenters. The SMILES string of the molecule is Cc1[nH]ncc1CNc1cc(Cl)cc2cccnc12. The molecule has 0 bridgehead atoms. The van der Waals surface area contributed by atoms with Crippen LogP contribution in [0.5, 0.6) is 0 Å². The maximum atomic E-state index is 6.13. The number of H-pyrrole nitrogens is 1. The van der Waals surface area contributed by atoms with Crippen LogP contribution in [0.15, 0.2) is 36.7 Å². The average molecular weight is 273 g/mol. The third-order valence-electron chi connectivity index (χ3n) is 3.07. The molecule has 0 saturated carbocycles. The van der Waals surface area contributed by atoms with E-state index in [0.717, 1.165) is 27.8 Å². The highest BCUT2D eigenvalue weighted by atomic mass is 35.5. The molecule has 2 heterocycles. The maximum Gasteiger partial charge on any atom is 0.0934 e. The number of hydrogen-bond acceptors (Lipinski definition) is 3. The van der Waals surface area contributed by atoms with Crippen molar-refractivity contribution in [2.75, 3.05) is 5.32 Å². The number of halogens is 1. The van der Waals surface area contributed by atoms with Crippen LogP contribution in [0.3, 0.4) is 0 Å². The quantitative estimate of drug-likeness (QED) is 0.767. The molecule has 5 heteroatoms. The van der Waals surface area contributed by atoms with Gasteiger partial charge in [-0.2, -0.15) is 5.10 Å². The number of benzene rings is 1. The molecule has 0 aliphatic rings. The largest absolute Gasteiger partial charge is 0.379 e. The molecule has 0 saturated heterocycles. The summed E-state index contributed by atoms with van der Waals surface area (Å²) in [6.45, 7) is 2.69. The highest BCUT2D eigenvalue weighted by molar-refractivity contribution is 6.31. The first-order valence-electron chi connectivity index (χ1n) is 6.01. The highest BCUT2D eigenvalue weighted by Gasteiger charge is 2.05. The smallest absolute Gasteiger partial charge is 0.0934 e. The van der Waals surface area contributed by atoms with Gasteiger partial charge in [-0.25, -0.2) is 0 Å². The zero-order valence-corrected chi connectivity index (χ0v) is 11.2. The molecule has 0 radical (unpaired) electrons. The predicted molar refractivity (Wildman–Crippen MR) is 77.4 cm³/mol. The van der Waals surface area contributed by atoms with Crippen molar-refractivity contribution < 1.29 is 0 Å². The Labute approximate surface area is 115 Å². The lowest BCUT2D eigenvalue weighted by atomic mass is 10.2. The number of aromatic nitrogens is 3. The Morgan fingerprint density at radius 3 is 3.05 bits per heavy atom. The van der Waals surface area contributed by atoms with E-state index in [1.54, 1.807) is 6.20 Å². The van der Waals surface area contributed by atoms with Crippen molar-refractivity contribution in [3.8, 4) is 0 Å². The molecule has 96 valence electrons. The topological polar surface area (TPSA) is 53.6 Å². The number of fused-ring (bicyclic) bond motifs is 1. The van der Waals surface area contributed by atoms with Crippen molar-refractivity contribution >= 4 is 28.2 Å². The first-order valence-corrected chi connectivity index (χ1v) is 6.39. The van der Waals surface area contributed by atoms with Crippen LogP contribution in [0.25, 0.3) is 10.9 Å². The molecular weight excluding hydrogens is 260 g/mol. The van der Waals surface area contributed by atoms with Gasteiger partial charge in [0.25, 0.3) is 0 Å². The van der Waals surface area contributed by atoms with Crippen LogP contribution in [-0.4, -0.2) is 15.2 Å². The number of aryl methyl sites for hydroxylation is 1. The molecule has 0 aliphatic carbocycles. The summed E-state index contributed by atoms with van der Waals surface area (Å²) in [6, 6.07) is 7.72. The van der Waals surface area contributed by atoms with Crippen LogP contribution >= 0.6 is 11.6 Å². The zero-order chi connectivity index (χ0) is 13.2. The molecule has 3 rings (SSSR count). The highest BCUT2D eigenvalue weighted by Crippen LogP contribution is 2.26. The fourth-order valence-corrected chi connectivity index (χ4v) is 2.26. The number of aromatic amines is 1. The van der Waals surface area contributed by atoms with Crippen LogP contribution < -0.4 is 5.32 Å². The third-order valence-corrected chi connectivity index (χ3v) is 3.29. The lowest BCUT2D eigenvalue weighted by molar-refractivity contribution is 1.04. The van der Waals surface area contributed by atoms with Crippen LogP contribution in [0.2, 0.25) is 5.02 Å². The molecule has 2 aromatic heterocycles. The number of rotatable bonds is 3. The molecule has 0 amide bonds. The van der Waals surface area contributed by atoms with Gasteiger partial charge in [-0.15, -0.1) is 0 Å². The third kappa shape index (κ3) is 2.39. The molecule has 1 aromatic carbocycles. The van der Waals surface area contributed by atoms with E-state index in [2.05, 4.69) is 20.5 Å². The standard InChI is InChI=1S/C14H13ClN4/c1-9-11(8-18-19-9)7-17-13-6-12(15)5-10-3-2-4-16-14(10)13/h2-6,8,17H,7H2,1H3,(H,18,19). The minimum absolute atomic E-state index is 0.689. The van der Waals surface area contributed by atoms with Gasteiger partial charge in [0.05, 0.1) is 17.4 Å². The summed E-state index contributed by atoms with van der Waals surface area (Å²) in [5, 5.41) is 12.0. The summed E-state index contributed by atoms with van der Waals surface area (Å²) >= 11 is 6.13. The maximum absolute atomic E-state index is 6.13. The monoisotopic (exact) mass is 272 g/mol. The molecule has 0 fully saturated rings. The van der Waals surface area contributed by atoms with Gasteiger partial charge in [0.2, 0.25) is 0 Å². The van der Waals surface area contributed by atoms with E-state index in [1.807, 2.05) is 37.4 Å². The van der Waals surface area contributed by atoms with E-state index in [4.69, 9.17) is 11.6 Å². The van der Waals surface area contributed by atoms with Crippen molar-refractivity contribution in [3.05, 3.63) is 52.9 Å². The Kier molecular flexibility index (Phi) is 3.09. The molecule has 3 aromatic rings. The first-order chi connectivity index (χ1) is 9.24. The summed E-state index contributed by atoms with van der Waals surface area (Å²) in [5.41, 5.74) is 4.05. The minimum Gasteiger partial charge on any atom is -0.379 e. The van der Waals surface area contributed by atoms with Crippen molar-refractivity contribution in [3.63, 3.8) is 0 Å². The number of nitrogens with one attached hydrogen (secondary N) is 2. The van der Waals surface area contributed by atoms with E-state index in [-0.39, 0.29) is 0 Å². The lowest BCUT2D eigenvalue weighted by Crippen LogP contribution is -2.01. The van der Waals surface area contributed by atoms with E-state index >= 15 is 0 Å². The van der Waals surface area contributed by atoms with Crippen LogP contribution in [-0.2, 0) is 6.54 Å². The van der Waals surface area contributed by atoms with Gasteiger partial charge in [-0.05, 0) is 25.1 Å².